The number of aromatic nitrogens is 5. The van der Waals surface area contributed by atoms with Gasteiger partial charge < -0.3 is 14.5 Å². The van der Waals surface area contributed by atoms with Crippen molar-refractivity contribution < 1.29 is 0 Å². The number of hydrogen-bond donors (Lipinski definition) is 1. The van der Waals surface area contributed by atoms with E-state index in [1.165, 1.54) is 51.0 Å². The van der Waals surface area contributed by atoms with Gasteiger partial charge in [0.1, 0.15) is 22.4 Å². The summed E-state index contributed by atoms with van der Waals surface area (Å²) >= 11 is 1.80. The Morgan fingerprint density at radius 3 is 2.69 bits per heavy atom. The normalized spacial score (nSPS) is 16.8. The summed E-state index contributed by atoms with van der Waals surface area (Å²) in [5, 5.41) is 2.44. The van der Waals surface area contributed by atoms with Crippen LogP contribution in [0.1, 0.15) is 34.7 Å². The van der Waals surface area contributed by atoms with Crippen molar-refractivity contribution >= 4 is 39.1 Å². The Morgan fingerprint density at radius 2 is 1.86 bits per heavy atom. The molecule has 6 heterocycles. The van der Waals surface area contributed by atoms with Gasteiger partial charge in [-0.2, -0.15) is 0 Å². The lowest BCUT2D eigenvalue weighted by atomic mass is 10.1. The number of para-hydroxylation sites is 1. The molecular formula is C28H31N7S. The lowest BCUT2D eigenvalue weighted by molar-refractivity contribution is 0.250. The van der Waals surface area contributed by atoms with Crippen molar-refractivity contribution in [3.8, 4) is 10.6 Å². The number of aromatic amines is 1. The summed E-state index contributed by atoms with van der Waals surface area (Å²) in [7, 11) is 0. The molecule has 0 spiro atoms. The third-order valence-electron chi connectivity index (χ3n) is 7.95. The molecule has 0 aliphatic carbocycles. The van der Waals surface area contributed by atoms with E-state index in [0.29, 0.717) is 0 Å². The first kappa shape index (κ1) is 22.0. The fourth-order valence-electron chi connectivity index (χ4n) is 5.93. The van der Waals surface area contributed by atoms with Gasteiger partial charge in [-0.05, 0) is 44.7 Å². The average Bonchev–Trinajstić information content (AvgIpc) is 3.58. The second-order valence-corrected chi connectivity index (χ2v) is 11.3. The number of anilines is 1. The lowest BCUT2D eigenvalue weighted by Crippen LogP contribution is -2.46. The molecule has 4 aromatic heterocycles. The van der Waals surface area contributed by atoms with Crippen molar-refractivity contribution in [2.24, 2.45) is 0 Å². The standard InChI is InChI=1S/C28H31N7S/c1-18-19(2)36-28(32-18)24-23-9-5-6-10-35(23)26-25(24)30-17-31-27(26)34-13-11-33(12-14-34)16-20-15-29-22-8-4-3-7-21(20)22/h3-4,7-8,15,17,29H,5-6,9-14,16H2,1-2H3. The maximum absolute atomic E-state index is 4.94. The molecule has 0 bridgehead atoms. The van der Waals surface area contributed by atoms with Gasteiger partial charge in [-0.3, -0.25) is 4.90 Å². The predicted octanol–water partition coefficient (Wildman–Crippen LogP) is 5.31. The van der Waals surface area contributed by atoms with Gasteiger partial charge in [0, 0.05) is 66.9 Å². The molecule has 184 valence electrons. The Morgan fingerprint density at radius 1 is 1.00 bits per heavy atom. The van der Waals surface area contributed by atoms with Crippen LogP contribution in [0.15, 0.2) is 36.8 Å². The van der Waals surface area contributed by atoms with Gasteiger partial charge in [0.05, 0.1) is 11.3 Å². The Hall–Kier alpha value is -3.23. The van der Waals surface area contributed by atoms with Gasteiger partial charge in [-0.15, -0.1) is 11.3 Å². The number of rotatable bonds is 4. The highest BCUT2D eigenvalue weighted by Gasteiger charge is 2.29. The Kier molecular flexibility index (Phi) is 5.32. The van der Waals surface area contributed by atoms with Crippen molar-refractivity contribution in [2.45, 2.75) is 46.2 Å². The van der Waals surface area contributed by atoms with E-state index >= 15 is 0 Å². The summed E-state index contributed by atoms with van der Waals surface area (Å²) in [6.07, 6.45) is 7.45. The summed E-state index contributed by atoms with van der Waals surface area (Å²) < 4.78 is 2.51. The van der Waals surface area contributed by atoms with Crippen LogP contribution in [-0.4, -0.2) is 55.6 Å². The number of thiazole rings is 1. The number of fused-ring (bicyclic) bond motifs is 4. The first-order valence-electron chi connectivity index (χ1n) is 13.0. The molecule has 1 aromatic carbocycles. The Balaban J connectivity index is 1.20. The van der Waals surface area contributed by atoms with E-state index in [1.807, 2.05) is 0 Å². The average molecular weight is 498 g/mol. The highest BCUT2D eigenvalue weighted by Crippen LogP contribution is 2.41. The van der Waals surface area contributed by atoms with Gasteiger partial charge in [-0.1, -0.05) is 18.2 Å². The highest BCUT2D eigenvalue weighted by atomic mass is 32.1. The SMILES string of the molecule is Cc1nc(-c2c3n(c4c(N5CCN(Cc6c[nH]c7ccccc67)CC5)ncnc24)CCCC3)sc1C. The summed E-state index contributed by atoms with van der Waals surface area (Å²) in [6, 6.07) is 8.58. The summed E-state index contributed by atoms with van der Waals surface area (Å²) in [6.45, 7) is 10.3. The molecule has 0 saturated carbocycles. The molecule has 5 aromatic rings. The molecule has 2 aliphatic heterocycles. The predicted molar refractivity (Wildman–Crippen MR) is 147 cm³/mol. The van der Waals surface area contributed by atoms with Crippen LogP contribution in [-0.2, 0) is 19.5 Å². The van der Waals surface area contributed by atoms with Crippen LogP contribution in [0.4, 0.5) is 5.82 Å². The summed E-state index contributed by atoms with van der Waals surface area (Å²) in [5.74, 6) is 1.09. The molecule has 7 rings (SSSR count). The fourth-order valence-corrected chi connectivity index (χ4v) is 6.92. The van der Waals surface area contributed by atoms with Gasteiger partial charge in [0.2, 0.25) is 0 Å². The maximum atomic E-state index is 4.94. The molecule has 0 atom stereocenters. The molecule has 2 aliphatic rings. The van der Waals surface area contributed by atoms with E-state index < -0.39 is 0 Å². The van der Waals surface area contributed by atoms with Crippen molar-refractivity contribution in [2.75, 3.05) is 31.1 Å². The largest absolute Gasteiger partial charge is 0.361 e. The molecule has 0 amide bonds. The Labute approximate surface area is 214 Å². The fraction of sp³-hybridized carbons (Fsp3) is 0.393. The molecule has 8 heteroatoms. The van der Waals surface area contributed by atoms with E-state index in [2.05, 4.69) is 63.7 Å². The van der Waals surface area contributed by atoms with E-state index in [-0.39, 0.29) is 0 Å². The molecule has 7 nitrogen and oxygen atoms in total. The summed E-state index contributed by atoms with van der Waals surface area (Å²) in [5.41, 5.74) is 8.64. The number of benzene rings is 1. The van der Waals surface area contributed by atoms with Crippen LogP contribution in [0, 0.1) is 13.8 Å². The second kappa shape index (κ2) is 8.71. The molecule has 1 saturated heterocycles. The minimum atomic E-state index is 0.972. The minimum absolute atomic E-state index is 0.972. The topological polar surface area (TPSA) is 65.9 Å². The third kappa shape index (κ3) is 3.54. The van der Waals surface area contributed by atoms with Gasteiger partial charge in [0.25, 0.3) is 0 Å². The first-order valence-corrected chi connectivity index (χ1v) is 13.8. The van der Waals surface area contributed by atoms with Crippen molar-refractivity contribution in [3.05, 3.63) is 58.6 Å². The number of aryl methyl sites for hydroxylation is 3. The van der Waals surface area contributed by atoms with Gasteiger partial charge in [-0.25, -0.2) is 15.0 Å². The number of hydrogen-bond acceptors (Lipinski definition) is 6. The van der Waals surface area contributed by atoms with Crippen LogP contribution in [0.25, 0.3) is 32.5 Å². The zero-order valence-corrected chi connectivity index (χ0v) is 21.7. The number of piperazine rings is 1. The van der Waals surface area contributed by atoms with E-state index in [1.54, 1.807) is 17.7 Å². The third-order valence-corrected chi connectivity index (χ3v) is 9.04. The molecule has 36 heavy (non-hydrogen) atoms. The van der Waals surface area contributed by atoms with Gasteiger partial charge in [0.15, 0.2) is 5.82 Å². The highest BCUT2D eigenvalue weighted by molar-refractivity contribution is 7.15. The number of H-pyrrole nitrogens is 1. The Bertz CT molecular complexity index is 1550. The van der Waals surface area contributed by atoms with E-state index in [9.17, 15) is 0 Å². The molecule has 0 radical (unpaired) electrons. The van der Waals surface area contributed by atoms with Crippen molar-refractivity contribution in [3.63, 3.8) is 0 Å². The van der Waals surface area contributed by atoms with E-state index in [4.69, 9.17) is 15.0 Å². The molecular weight excluding hydrogens is 466 g/mol. The number of nitrogens with zero attached hydrogens (tertiary/aromatic N) is 6. The lowest BCUT2D eigenvalue weighted by Gasteiger charge is -2.35. The molecule has 1 fully saturated rings. The molecule has 1 N–H and O–H groups in total. The monoisotopic (exact) mass is 497 g/mol. The second-order valence-electron chi connectivity index (χ2n) is 10.1. The van der Waals surface area contributed by atoms with E-state index in [0.717, 1.165) is 67.7 Å². The quantitative estimate of drug-likeness (QED) is 0.364. The van der Waals surface area contributed by atoms with Crippen LogP contribution in [0.5, 0.6) is 0 Å². The minimum Gasteiger partial charge on any atom is -0.361 e. The van der Waals surface area contributed by atoms with Crippen molar-refractivity contribution in [1.29, 1.82) is 0 Å². The number of nitrogens with one attached hydrogen (secondary N) is 1. The molecule has 0 unspecified atom stereocenters. The zero-order chi connectivity index (χ0) is 24.2. The smallest absolute Gasteiger partial charge is 0.156 e. The first-order chi connectivity index (χ1) is 17.7. The van der Waals surface area contributed by atoms with Gasteiger partial charge >= 0.3 is 0 Å². The van der Waals surface area contributed by atoms with Crippen LogP contribution in [0.2, 0.25) is 0 Å². The van der Waals surface area contributed by atoms with Crippen LogP contribution in [0.3, 0.4) is 0 Å². The van der Waals surface area contributed by atoms with Crippen LogP contribution >= 0.6 is 11.3 Å². The summed E-state index contributed by atoms with van der Waals surface area (Å²) in [4.78, 5) is 24.4. The zero-order valence-electron chi connectivity index (χ0n) is 20.9. The van der Waals surface area contributed by atoms with Crippen molar-refractivity contribution in [1.82, 2.24) is 29.4 Å². The van der Waals surface area contributed by atoms with Crippen LogP contribution < -0.4 is 4.90 Å². The maximum Gasteiger partial charge on any atom is 0.156 e.